The van der Waals surface area contributed by atoms with Crippen LogP contribution in [-0.4, -0.2) is 20.7 Å². The van der Waals surface area contributed by atoms with Crippen LogP contribution in [0.25, 0.3) is 22.3 Å². The zero-order chi connectivity index (χ0) is 14.2. The molecule has 3 rings (SSSR count). The molecule has 0 spiro atoms. The fourth-order valence-corrected chi connectivity index (χ4v) is 2.11. The summed E-state index contributed by atoms with van der Waals surface area (Å²) in [5.74, 6) is 1.03. The molecule has 2 heterocycles. The second-order valence-corrected chi connectivity index (χ2v) is 5.56. The van der Waals surface area contributed by atoms with Crippen molar-refractivity contribution in [3.05, 3.63) is 42.4 Å². The Balaban J connectivity index is 2.04. The molecule has 0 amide bonds. The SMILES string of the molecule is CC(C)(N)Cc1nc(-c2nccc3ccccc23)no1. The monoisotopic (exact) mass is 268 g/mol. The number of pyridine rings is 1. The Hall–Kier alpha value is -2.27. The summed E-state index contributed by atoms with van der Waals surface area (Å²) in [6.07, 6.45) is 2.28. The summed E-state index contributed by atoms with van der Waals surface area (Å²) in [5.41, 5.74) is 6.31. The lowest BCUT2D eigenvalue weighted by Crippen LogP contribution is -2.34. The minimum atomic E-state index is -0.379. The predicted molar refractivity (Wildman–Crippen MR) is 77.0 cm³/mol. The van der Waals surface area contributed by atoms with Gasteiger partial charge in [0.05, 0.1) is 0 Å². The normalized spacial score (nSPS) is 11.9. The van der Waals surface area contributed by atoms with E-state index in [1.807, 2.05) is 44.2 Å². The van der Waals surface area contributed by atoms with Crippen LogP contribution >= 0.6 is 0 Å². The van der Waals surface area contributed by atoms with Gasteiger partial charge in [-0.1, -0.05) is 29.4 Å². The first-order valence-corrected chi connectivity index (χ1v) is 6.48. The highest BCUT2D eigenvalue weighted by atomic mass is 16.5. The second kappa shape index (κ2) is 4.68. The van der Waals surface area contributed by atoms with E-state index in [-0.39, 0.29) is 5.54 Å². The molecule has 0 saturated carbocycles. The van der Waals surface area contributed by atoms with Crippen molar-refractivity contribution in [2.45, 2.75) is 25.8 Å². The van der Waals surface area contributed by atoms with Gasteiger partial charge in [0.25, 0.3) is 0 Å². The molecule has 0 saturated heterocycles. The van der Waals surface area contributed by atoms with E-state index < -0.39 is 0 Å². The number of nitrogens with two attached hydrogens (primary N) is 1. The van der Waals surface area contributed by atoms with Crippen LogP contribution in [-0.2, 0) is 6.42 Å². The van der Waals surface area contributed by atoms with E-state index in [4.69, 9.17) is 10.3 Å². The Morgan fingerprint density at radius 1 is 1.20 bits per heavy atom. The van der Waals surface area contributed by atoms with Gasteiger partial charge in [0, 0.05) is 23.5 Å². The maximum Gasteiger partial charge on any atom is 0.228 e. The quantitative estimate of drug-likeness (QED) is 0.789. The van der Waals surface area contributed by atoms with Gasteiger partial charge in [-0.05, 0) is 25.3 Å². The highest BCUT2D eigenvalue weighted by Crippen LogP contribution is 2.24. The topological polar surface area (TPSA) is 77.8 Å². The molecule has 5 heteroatoms. The van der Waals surface area contributed by atoms with E-state index in [0.717, 1.165) is 16.5 Å². The maximum atomic E-state index is 5.96. The van der Waals surface area contributed by atoms with Crippen LogP contribution in [0.4, 0.5) is 0 Å². The average Bonchev–Trinajstić information content (AvgIpc) is 2.84. The zero-order valence-corrected chi connectivity index (χ0v) is 11.5. The molecular formula is C15H16N4O. The van der Waals surface area contributed by atoms with Crippen LogP contribution in [0, 0.1) is 0 Å². The maximum absolute atomic E-state index is 5.96. The minimum Gasteiger partial charge on any atom is -0.339 e. The van der Waals surface area contributed by atoms with E-state index in [1.165, 1.54) is 0 Å². The average molecular weight is 268 g/mol. The zero-order valence-electron chi connectivity index (χ0n) is 11.5. The molecule has 0 aliphatic heterocycles. The van der Waals surface area contributed by atoms with Crippen LogP contribution < -0.4 is 5.73 Å². The third-order valence-electron chi connectivity index (χ3n) is 2.96. The molecule has 0 unspecified atom stereocenters. The van der Waals surface area contributed by atoms with Gasteiger partial charge in [-0.15, -0.1) is 0 Å². The van der Waals surface area contributed by atoms with Gasteiger partial charge >= 0.3 is 0 Å². The van der Waals surface area contributed by atoms with Gasteiger partial charge in [0.1, 0.15) is 5.69 Å². The van der Waals surface area contributed by atoms with Crippen molar-refractivity contribution in [3.63, 3.8) is 0 Å². The number of benzene rings is 1. The van der Waals surface area contributed by atoms with Crippen LogP contribution in [0.2, 0.25) is 0 Å². The van der Waals surface area contributed by atoms with E-state index in [9.17, 15) is 0 Å². The van der Waals surface area contributed by atoms with Crippen molar-refractivity contribution in [3.8, 4) is 11.5 Å². The van der Waals surface area contributed by atoms with Gasteiger partial charge < -0.3 is 10.3 Å². The summed E-state index contributed by atoms with van der Waals surface area (Å²) in [6, 6.07) is 9.95. The van der Waals surface area contributed by atoms with Crippen molar-refractivity contribution in [2.24, 2.45) is 5.73 Å². The van der Waals surface area contributed by atoms with Gasteiger partial charge in [-0.25, -0.2) is 0 Å². The minimum absolute atomic E-state index is 0.379. The first-order valence-electron chi connectivity index (χ1n) is 6.48. The van der Waals surface area contributed by atoms with Crippen LogP contribution in [0.5, 0.6) is 0 Å². The first-order chi connectivity index (χ1) is 9.53. The van der Waals surface area contributed by atoms with E-state index >= 15 is 0 Å². The molecule has 2 N–H and O–H groups in total. The van der Waals surface area contributed by atoms with Crippen molar-refractivity contribution < 1.29 is 4.52 Å². The smallest absolute Gasteiger partial charge is 0.228 e. The molecule has 0 radical (unpaired) electrons. The molecule has 5 nitrogen and oxygen atoms in total. The molecule has 2 aromatic heterocycles. The number of nitrogens with zero attached hydrogens (tertiary/aromatic N) is 3. The molecule has 0 fully saturated rings. The fraction of sp³-hybridized carbons (Fsp3) is 0.267. The predicted octanol–water partition coefficient (Wildman–Crippen LogP) is 2.56. The van der Waals surface area contributed by atoms with Gasteiger partial charge in [0.15, 0.2) is 0 Å². The number of aromatic nitrogens is 3. The highest BCUT2D eigenvalue weighted by Gasteiger charge is 2.18. The summed E-state index contributed by atoms with van der Waals surface area (Å²) >= 11 is 0. The first kappa shape index (κ1) is 12.7. The third-order valence-corrected chi connectivity index (χ3v) is 2.96. The second-order valence-electron chi connectivity index (χ2n) is 5.56. The Morgan fingerprint density at radius 3 is 2.80 bits per heavy atom. The van der Waals surface area contributed by atoms with Crippen LogP contribution in [0.3, 0.4) is 0 Å². The Morgan fingerprint density at radius 2 is 2.00 bits per heavy atom. The lowest BCUT2D eigenvalue weighted by atomic mass is 10.0. The number of fused-ring (bicyclic) bond motifs is 1. The molecule has 3 aromatic rings. The summed E-state index contributed by atoms with van der Waals surface area (Å²) in [7, 11) is 0. The Kier molecular flexibility index (Phi) is 2.99. The van der Waals surface area contributed by atoms with Crippen molar-refractivity contribution >= 4 is 10.8 Å². The van der Waals surface area contributed by atoms with Gasteiger partial charge in [-0.2, -0.15) is 4.98 Å². The molecule has 0 aliphatic rings. The third kappa shape index (κ3) is 2.53. The molecule has 20 heavy (non-hydrogen) atoms. The van der Waals surface area contributed by atoms with Crippen molar-refractivity contribution in [1.82, 2.24) is 15.1 Å². The standard InChI is InChI=1S/C15H16N4O/c1-15(2,16)9-12-18-14(19-20-12)13-11-6-4-3-5-10(11)7-8-17-13/h3-8H,9,16H2,1-2H3. The van der Waals surface area contributed by atoms with Crippen LogP contribution in [0.15, 0.2) is 41.1 Å². The largest absolute Gasteiger partial charge is 0.339 e. The van der Waals surface area contributed by atoms with E-state index in [0.29, 0.717) is 18.1 Å². The molecule has 0 aliphatic carbocycles. The summed E-state index contributed by atoms with van der Waals surface area (Å²) in [4.78, 5) is 8.77. The molecule has 0 atom stereocenters. The number of hydrogen-bond acceptors (Lipinski definition) is 5. The number of hydrogen-bond donors (Lipinski definition) is 1. The fourth-order valence-electron chi connectivity index (χ4n) is 2.11. The summed E-state index contributed by atoms with van der Waals surface area (Å²) in [6.45, 7) is 3.85. The van der Waals surface area contributed by atoms with Crippen LogP contribution in [0.1, 0.15) is 19.7 Å². The van der Waals surface area contributed by atoms with Crippen molar-refractivity contribution in [2.75, 3.05) is 0 Å². The van der Waals surface area contributed by atoms with Gasteiger partial charge in [0.2, 0.25) is 11.7 Å². The summed E-state index contributed by atoms with van der Waals surface area (Å²) in [5, 5.41) is 6.13. The molecule has 102 valence electrons. The van der Waals surface area contributed by atoms with Gasteiger partial charge in [-0.3, -0.25) is 4.98 Å². The molecule has 1 aromatic carbocycles. The lowest BCUT2D eigenvalue weighted by molar-refractivity contribution is 0.348. The summed E-state index contributed by atoms with van der Waals surface area (Å²) < 4.78 is 5.26. The molecule has 0 bridgehead atoms. The van der Waals surface area contributed by atoms with E-state index in [2.05, 4.69) is 15.1 Å². The lowest BCUT2D eigenvalue weighted by Gasteiger charge is -2.14. The highest BCUT2D eigenvalue weighted by molar-refractivity contribution is 5.92. The Bertz CT molecular complexity index is 737. The van der Waals surface area contributed by atoms with Crippen molar-refractivity contribution in [1.29, 1.82) is 0 Å². The molecular weight excluding hydrogens is 252 g/mol. The number of rotatable bonds is 3. The Labute approximate surface area is 116 Å². The van der Waals surface area contributed by atoms with E-state index in [1.54, 1.807) is 6.20 Å².